The van der Waals surface area contributed by atoms with Gasteiger partial charge in [0.05, 0.1) is 11.3 Å². The normalized spacial score (nSPS) is 13.5. The molecule has 1 aliphatic carbocycles. The van der Waals surface area contributed by atoms with Crippen LogP contribution in [0.5, 0.6) is 0 Å². The third-order valence-electron chi connectivity index (χ3n) is 5.10. The van der Waals surface area contributed by atoms with Crippen molar-refractivity contribution in [3.05, 3.63) is 81.8 Å². The van der Waals surface area contributed by atoms with Crippen LogP contribution in [0, 0.1) is 12.8 Å². The number of halogens is 3. The first kappa shape index (κ1) is 22.3. The van der Waals surface area contributed by atoms with Crippen molar-refractivity contribution in [2.45, 2.75) is 25.9 Å². The van der Waals surface area contributed by atoms with Gasteiger partial charge in [0.1, 0.15) is 0 Å². The van der Waals surface area contributed by atoms with Crippen LogP contribution in [-0.2, 0) is 11.0 Å². The van der Waals surface area contributed by atoms with E-state index in [1.807, 2.05) is 0 Å². The molecule has 0 aliphatic heterocycles. The number of alkyl halides is 3. The zero-order valence-corrected chi connectivity index (χ0v) is 17.4. The van der Waals surface area contributed by atoms with Crippen LogP contribution in [0.25, 0.3) is 5.69 Å². The molecule has 1 aromatic heterocycles. The molecule has 2 aromatic carbocycles. The lowest BCUT2D eigenvalue weighted by molar-refractivity contribution is -0.137. The molecule has 0 bridgehead atoms. The van der Waals surface area contributed by atoms with Crippen LogP contribution in [0.1, 0.15) is 34.6 Å². The summed E-state index contributed by atoms with van der Waals surface area (Å²) in [5.74, 6) is -0.808. The molecule has 1 heterocycles. The Morgan fingerprint density at radius 2 is 1.64 bits per heavy atom. The number of nitrogens with one attached hydrogen (secondary N) is 2. The van der Waals surface area contributed by atoms with E-state index in [0.29, 0.717) is 11.4 Å². The molecule has 4 rings (SSSR count). The quantitative estimate of drug-likeness (QED) is 0.603. The highest BCUT2D eigenvalue weighted by molar-refractivity contribution is 6.03. The summed E-state index contributed by atoms with van der Waals surface area (Å²) >= 11 is 0. The Labute approximate surface area is 186 Å². The van der Waals surface area contributed by atoms with Crippen LogP contribution in [0.4, 0.5) is 24.5 Å². The molecule has 2 amide bonds. The van der Waals surface area contributed by atoms with Crippen molar-refractivity contribution in [2.75, 3.05) is 10.6 Å². The smallest absolute Gasteiger partial charge is 0.326 e. The first-order valence-corrected chi connectivity index (χ1v) is 10.1. The van der Waals surface area contributed by atoms with Crippen LogP contribution in [0.2, 0.25) is 0 Å². The van der Waals surface area contributed by atoms with E-state index < -0.39 is 28.8 Å². The average molecular weight is 456 g/mol. The number of amides is 2. The number of benzene rings is 2. The van der Waals surface area contributed by atoms with Gasteiger partial charge in [-0.25, -0.2) is 4.68 Å². The molecule has 0 unspecified atom stereocenters. The first-order valence-electron chi connectivity index (χ1n) is 10.1. The Hall–Kier alpha value is -3.95. The highest BCUT2D eigenvalue weighted by Gasteiger charge is 2.31. The molecule has 3 aromatic rings. The van der Waals surface area contributed by atoms with Crippen molar-refractivity contribution in [3.63, 3.8) is 0 Å². The molecule has 1 saturated carbocycles. The Kier molecular flexibility index (Phi) is 5.75. The minimum atomic E-state index is -4.55. The maximum absolute atomic E-state index is 13.1. The summed E-state index contributed by atoms with van der Waals surface area (Å²) in [6.07, 6.45) is -2.80. The van der Waals surface area contributed by atoms with Crippen molar-refractivity contribution in [3.8, 4) is 5.69 Å². The zero-order chi connectivity index (χ0) is 23.8. The third-order valence-corrected chi connectivity index (χ3v) is 5.10. The molecular weight excluding hydrogens is 437 g/mol. The average Bonchev–Trinajstić information content (AvgIpc) is 3.60. The van der Waals surface area contributed by atoms with Crippen LogP contribution >= 0.6 is 0 Å². The van der Waals surface area contributed by atoms with E-state index in [2.05, 4.69) is 15.7 Å². The standard InChI is InChI=1S/C23H19F3N4O3/c1-13-11-19(31)20(29-30(13)18-4-2-3-15(12-18)23(24,25)26)22(33)28-17-9-7-16(8-10-17)27-21(32)14-5-6-14/h2-4,7-12,14H,5-6H2,1H3,(H,27,32)(H,28,33). The van der Waals surface area contributed by atoms with E-state index in [1.165, 1.54) is 19.1 Å². The molecule has 33 heavy (non-hydrogen) atoms. The molecule has 1 fully saturated rings. The second kappa shape index (κ2) is 8.53. The molecule has 0 saturated heterocycles. The van der Waals surface area contributed by atoms with Crippen molar-refractivity contribution < 1.29 is 22.8 Å². The number of nitrogens with zero attached hydrogens (tertiary/aromatic N) is 2. The summed E-state index contributed by atoms with van der Waals surface area (Å²) in [7, 11) is 0. The lowest BCUT2D eigenvalue weighted by Crippen LogP contribution is -2.27. The summed E-state index contributed by atoms with van der Waals surface area (Å²) in [6.45, 7) is 1.50. The van der Waals surface area contributed by atoms with Crippen molar-refractivity contribution in [1.82, 2.24) is 9.78 Å². The van der Waals surface area contributed by atoms with Gasteiger partial charge in [0, 0.05) is 29.1 Å². The van der Waals surface area contributed by atoms with Crippen LogP contribution in [0.3, 0.4) is 0 Å². The van der Waals surface area contributed by atoms with Crippen LogP contribution in [0.15, 0.2) is 59.4 Å². The second-order valence-electron chi connectivity index (χ2n) is 7.75. The molecule has 0 spiro atoms. The van der Waals surface area contributed by atoms with Crippen molar-refractivity contribution in [1.29, 1.82) is 0 Å². The summed E-state index contributed by atoms with van der Waals surface area (Å²) in [4.78, 5) is 36.9. The fourth-order valence-corrected chi connectivity index (χ4v) is 3.20. The zero-order valence-electron chi connectivity index (χ0n) is 17.4. The van der Waals surface area contributed by atoms with Gasteiger partial charge in [-0.3, -0.25) is 14.4 Å². The minimum absolute atomic E-state index is 0.0502. The van der Waals surface area contributed by atoms with Gasteiger partial charge in [-0.15, -0.1) is 0 Å². The predicted octanol–water partition coefficient (Wildman–Crippen LogP) is 4.16. The fraction of sp³-hybridized carbons (Fsp3) is 0.217. The molecule has 2 N–H and O–H groups in total. The van der Waals surface area contributed by atoms with E-state index in [0.717, 1.165) is 35.7 Å². The number of carbonyl (C=O) groups excluding carboxylic acids is 2. The number of anilines is 2. The van der Waals surface area contributed by atoms with Gasteiger partial charge in [-0.05, 0) is 62.2 Å². The molecule has 0 radical (unpaired) electrons. The van der Waals surface area contributed by atoms with Gasteiger partial charge in [0.25, 0.3) is 5.91 Å². The van der Waals surface area contributed by atoms with Gasteiger partial charge in [-0.2, -0.15) is 18.3 Å². The monoisotopic (exact) mass is 456 g/mol. The predicted molar refractivity (Wildman–Crippen MR) is 115 cm³/mol. The van der Waals surface area contributed by atoms with Gasteiger partial charge in [-0.1, -0.05) is 6.07 Å². The lowest BCUT2D eigenvalue weighted by atomic mass is 10.2. The number of aryl methyl sites for hydroxylation is 1. The summed E-state index contributed by atoms with van der Waals surface area (Å²) < 4.78 is 40.3. The van der Waals surface area contributed by atoms with Crippen molar-refractivity contribution >= 4 is 23.2 Å². The SMILES string of the molecule is Cc1cc(=O)c(C(=O)Nc2ccc(NC(=O)C3CC3)cc2)nn1-c1cccc(C(F)(F)F)c1. The Bertz CT molecular complexity index is 1280. The molecule has 0 atom stereocenters. The van der Waals surface area contributed by atoms with E-state index in [-0.39, 0.29) is 23.2 Å². The maximum atomic E-state index is 13.1. The molecule has 10 heteroatoms. The summed E-state index contributed by atoms with van der Waals surface area (Å²) in [6, 6.07) is 11.9. The summed E-state index contributed by atoms with van der Waals surface area (Å²) in [5, 5.41) is 9.33. The van der Waals surface area contributed by atoms with E-state index in [4.69, 9.17) is 0 Å². The van der Waals surface area contributed by atoms with E-state index in [9.17, 15) is 27.6 Å². The largest absolute Gasteiger partial charge is 0.416 e. The van der Waals surface area contributed by atoms with Gasteiger partial charge >= 0.3 is 6.18 Å². The highest BCUT2D eigenvalue weighted by atomic mass is 19.4. The second-order valence-corrected chi connectivity index (χ2v) is 7.75. The van der Waals surface area contributed by atoms with Crippen LogP contribution in [-0.4, -0.2) is 21.6 Å². The molecule has 1 aliphatic rings. The summed E-state index contributed by atoms with van der Waals surface area (Å²) in [5.41, 5.74) is -0.744. The van der Waals surface area contributed by atoms with E-state index >= 15 is 0 Å². The first-order chi connectivity index (χ1) is 15.6. The Balaban J connectivity index is 1.56. The third kappa shape index (κ3) is 5.11. The number of hydrogen-bond donors (Lipinski definition) is 2. The highest BCUT2D eigenvalue weighted by Crippen LogP contribution is 2.31. The lowest BCUT2D eigenvalue weighted by Gasteiger charge is -2.13. The van der Waals surface area contributed by atoms with Crippen LogP contribution < -0.4 is 16.1 Å². The Morgan fingerprint density at radius 3 is 2.24 bits per heavy atom. The fourth-order valence-electron chi connectivity index (χ4n) is 3.20. The molecule has 7 nitrogen and oxygen atoms in total. The van der Waals surface area contributed by atoms with Gasteiger partial charge in [0.2, 0.25) is 11.3 Å². The van der Waals surface area contributed by atoms with Crippen molar-refractivity contribution in [2.24, 2.45) is 5.92 Å². The van der Waals surface area contributed by atoms with E-state index in [1.54, 1.807) is 24.3 Å². The van der Waals surface area contributed by atoms with Gasteiger partial charge < -0.3 is 10.6 Å². The Morgan fingerprint density at radius 1 is 1.00 bits per heavy atom. The number of hydrogen-bond acceptors (Lipinski definition) is 4. The topological polar surface area (TPSA) is 93.1 Å². The van der Waals surface area contributed by atoms with Gasteiger partial charge in [0.15, 0.2) is 5.69 Å². The molecule has 170 valence electrons. The molecular formula is C23H19F3N4O3. The number of rotatable bonds is 5. The number of aromatic nitrogens is 2. The minimum Gasteiger partial charge on any atom is -0.326 e. The maximum Gasteiger partial charge on any atom is 0.416 e. The number of carbonyl (C=O) groups is 2.